The maximum absolute atomic E-state index is 11.7. The van der Waals surface area contributed by atoms with Crippen LogP contribution in [0.25, 0.3) is 4.96 Å². The first-order valence-corrected chi connectivity index (χ1v) is 7.27. The van der Waals surface area contributed by atoms with Crippen LogP contribution in [0.5, 0.6) is 0 Å². The number of fused-ring (bicyclic) bond motifs is 1. The lowest BCUT2D eigenvalue weighted by Crippen LogP contribution is -2.43. The zero-order valence-corrected chi connectivity index (χ0v) is 11.3. The number of carbonyl (C=O) groups excluding carboxylic acids is 1. The smallest absolute Gasteiger partial charge is 0.193 e. The minimum atomic E-state index is 0.0958. The van der Waals surface area contributed by atoms with E-state index in [0.29, 0.717) is 0 Å². The Morgan fingerprint density at radius 2 is 2.44 bits per heavy atom. The molecule has 2 aromatic heterocycles. The van der Waals surface area contributed by atoms with Gasteiger partial charge in [-0.1, -0.05) is 6.42 Å². The van der Waals surface area contributed by atoms with E-state index in [4.69, 9.17) is 0 Å². The molecule has 3 heterocycles. The minimum absolute atomic E-state index is 0.0958. The molecule has 0 aliphatic carbocycles. The molecule has 0 spiro atoms. The van der Waals surface area contributed by atoms with Gasteiger partial charge >= 0.3 is 0 Å². The molecule has 96 valence electrons. The molecule has 0 aromatic carbocycles. The normalized spacial score (nSPS) is 21.5. The summed E-state index contributed by atoms with van der Waals surface area (Å²) >= 11 is 1.64. The molecule has 1 aliphatic heterocycles. The molecule has 3 rings (SSSR count). The molecule has 0 N–H and O–H groups in total. The van der Waals surface area contributed by atoms with Crippen LogP contribution in [-0.4, -0.2) is 32.7 Å². The lowest BCUT2D eigenvalue weighted by atomic mass is 9.99. The second-order valence-electron chi connectivity index (χ2n) is 4.92. The van der Waals surface area contributed by atoms with Gasteiger partial charge in [-0.05, 0) is 26.3 Å². The van der Waals surface area contributed by atoms with Crippen molar-refractivity contribution < 1.29 is 4.79 Å². The zero-order chi connectivity index (χ0) is 12.5. The van der Waals surface area contributed by atoms with E-state index in [9.17, 15) is 4.79 Å². The van der Waals surface area contributed by atoms with E-state index in [2.05, 4.69) is 16.1 Å². The molecule has 0 bridgehead atoms. The quantitative estimate of drug-likeness (QED) is 0.853. The molecule has 1 unspecified atom stereocenters. The number of piperidine rings is 1. The fourth-order valence-electron chi connectivity index (χ4n) is 2.70. The van der Waals surface area contributed by atoms with E-state index in [0.717, 1.165) is 30.2 Å². The molecule has 0 radical (unpaired) electrons. The Morgan fingerprint density at radius 3 is 3.22 bits per heavy atom. The van der Waals surface area contributed by atoms with E-state index >= 15 is 0 Å². The summed E-state index contributed by atoms with van der Waals surface area (Å²) in [5.41, 5.74) is 1.06. The Hall–Kier alpha value is -1.20. The Bertz CT molecular complexity index is 531. The van der Waals surface area contributed by atoms with Crippen LogP contribution in [0, 0.1) is 0 Å². The first-order valence-electron chi connectivity index (χ1n) is 6.39. The van der Waals surface area contributed by atoms with Gasteiger partial charge < -0.3 is 0 Å². The monoisotopic (exact) mass is 263 g/mol. The van der Waals surface area contributed by atoms with Gasteiger partial charge in [-0.2, -0.15) is 0 Å². The van der Waals surface area contributed by atoms with Crippen LogP contribution < -0.4 is 0 Å². The number of Topliss-reactive ketones (excluding diaryl/α,β-unsaturated/α-hetero) is 1. The number of likely N-dealkylation sites (tertiary alicyclic amines) is 1. The third kappa shape index (κ3) is 2.20. The number of aromatic nitrogens is 2. The SMILES string of the molecule is CC(=O)C1CCCCN1Cc1cn2ccsc2n1. The summed E-state index contributed by atoms with van der Waals surface area (Å²) in [6.07, 6.45) is 7.44. The van der Waals surface area contributed by atoms with Crippen LogP contribution >= 0.6 is 11.3 Å². The number of imidazole rings is 1. The number of hydrogen-bond acceptors (Lipinski definition) is 4. The van der Waals surface area contributed by atoms with Crippen molar-refractivity contribution in [2.24, 2.45) is 0 Å². The van der Waals surface area contributed by atoms with E-state index < -0.39 is 0 Å². The molecule has 0 saturated carbocycles. The Balaban J connectivity index is 1.77. The molecule has 2 aromatic rings. The molecule has 1 fully saturated rings. The van der Waals surface area contributed by atoms with Crippen molar-refractivity contribution >= 4 is 22.1 Å². The van der Waals surface area contributed by atoms with Crippen molar-refractivity contribution in [3.8, 4) is 0 Å². The predicted molar refractivity (Wildman–Crippen MR) is 71.8 cm³/mol. The lowest BCUT2D eigenvalue weighted by molar-refractivity contribution is -0.123. The molecule has 18 heavy (non-hydrogen) atoms. The van der Waals surface area contributed by atoms with Gasteiger partial charge in [-0.15, -0.1) is 11.3 Å². The van der Waals surface area contributed by atoms with Crippen molar-refractivity contribution in [3.05, 3.63) is 23.5 Å². The third-order valence-corrected chi connectivity index (χ3v) is 4.36. The topological polar surface area (TPSA) is 37.6 Å². The standard InChI is InChI=1S/C13H17N3OS/c1-10(17)12-4-2-3-5-15(12)8-11-9-16-6-7-18-13(16)14-11/h6-7,9,12H,2-5,8H2,1H3. The molecular weight excluding hydrogens is 246 g/mol. The Morgan fingerprint density at radius 1 is 1.56 bits per heavy atom. The minimum Gasteiger partial charge on any atom is -0.298 e. The number of nitrogens with zero attached hydrogens (tertiary/aromatic N) is 3. The molecule has 1 aliphatic rings. The molecule has 1 atom stereocenters. The molecular formula is C13H17N3OS. The molecule has 5 heteroatoms. The van der Waals surface area contributed by atoms with Crippen LogP contribution in [-0.2, 0) is 11.3 Å². The molecule has 4 nitrogen and oxygen atoms in total. The summed E-state index contributed by atoms with van der Waals surface area (Å²) < 4.78 is 2.05. The predicted octanol–water partition coefficient (Wildman–Crippen LogP) is 2.34. The highest BCUT2D eigenvalue weighted by atomic mass is 32.1. The summed E-state index contributed by atoms with van der Waals surface area (Å²) in [5, 5.41) is 2.03. The average Bonchev–Trinajstić information content (AvgIpc) is 2.90. The van der Waals surface area contributed by atoms with Crippen molar-refractivity contribution in [3.63, 3.8) is 0 Å². The van der Waals surface area contributed by atoms with Crippen LogP contribution in [0.4, 0.5) is 0 Å². The summed E-state index contributed by atoms with van der Waals surface area (Å²) in [5.74, 6) is 0.288. The number of hydrogen-bond donors (Lipinski definition) is 0. The van der Waals surface area contributed by atoms with Gasteiger partial charge in [0.05, 0.1) is 11.7 Å². The highest BCUT2D eigenvalue weighted by Gasteiger charge is 2.26. The van der Waals surface area contributed by atoms with Gasteiger partial charge in [0.1, 0.15) is 5.78 Å². The van der Waals surface area contributed by atoms with Crippen molar-refractivity contribution in [1.82, 2.24) is 14.3 Å². The fraction of sp³-hybridized carbons (Fsp3) is 0.538. The van der Waals surface area contributed by atoms with Gasteiger partial charge in [0, 0.05) is 24.3 Å². The summed E-state index contributed by atoms with van der Waals surface area (Å²) in [4.78, 5) is 19.6. The van der Waals surface area contributed by atoms with Gasteiger partial charge in [-0.25, -0.2) is 4.98 Å². The van der Waals surface area contributed by atoms with E-state index in [1.165, 1.54) is 12.8 Å². The van der Waals surface area contributed by atoms with Crippen molar-refractivity contribution in [1.29, 1.82) is 0 Å². The number of ketones is 1. The second kappa shape index (κ2) is 4.82. The first-order chi connectivity index (χ1) is 8.74. The highest BCUT2D eigenvalue weighted by Crippen LogP contribution is 2.21. The maximum Gasteiger partial charge on any atom is 0.193 e. The van der Waals surface area contributed by atoms with Crippen LogP contribution in [0.3, 0.4) is 0 Å². The number of thiazole rings is 1. The number of rotatable bonds is 3. The first kappa shape index (κ1) is 11.9. The fourth-order valence-corrected chi connectivity index (χ4v) is 3.42. The van der Waals surface area contributed by atoms with Crippen molar-refractivity contribution in [2.75, 3.05) is 6.54 Å². The highest BCUT2D eigenvalue weighted by molar-refractivity contribution is 7.15. The Labute approximate surface area is 110 Å². The van der Waals surface area contributed by atoms with E-state index in [-0.39, 0.29) is 11.8 Å². The second-order valence-corrected chi connectivity index (χ2v) is 5.79. The van der Waals surface area contributed by atoms with E-state index in [1.807, 2.05) is 16.0 Å². The van der Waals surface area contributed by atoms with Gasteiger partial charge in [0.15, 0.2) is 4.96 Å². The lowest BCUT2D eigenvalue weighted by Gasteiger charge is -2.33. The summed E-state index contributed by atoms with van der Waals surface area (Å²) in [6, 6.07) is 0.0958. The maximum atomic E-state index is 11.7. The average molecular weight is 263 g/mol. The van der Waals surface area contributed by atoms with Gasteiger partial charge in [0.2, 0.25) is 0 Å². The van der Waals surface area contributed by atoms with Gasteiger partial charge in [-0.3, -0.25) is 14.1 Å². The third-order valence-electron chi connectivity index (χ3n) is 3.59. The summed E-state index contributed by atoms with van der Waals surface area (Å²) in [7, 11) is 0. The van der Waals surface area contributed by atoms with Gasteiger partial charge in [0.25, 0.3) is 0 Å². The molecule has 1 saturated heterocycles. The Kier molecular flexibility index (Phi) is 3.18. The zero-order valence-electron chi connectivity index (χ0n) is 10.5. The van der Waals surface area contributed by atoms with Crippen LogP contribution in [0.1, 0.15) is 31.9 Å². The molecule has 0 amide bonds. The summed E-state index contributed by atoms with van der Waals surface area (Å²) in [6.45, 7) is 3.50. The largest absolute Gasteiger partial charge is 0.298 e. The van der Waals surface area contributed by atoms with Crippen molar-refractivity contribution in [2.45, 2.75) is 38.8 Å². The van der Waals surface area contributed by atoms with Crippen LogP contribution in [0.2, 0.25) is 0 Å². The van der Waals surface area contributed by atoms with Crippen LogP contribution in [0.15, 0.2) is 17.8 Å². The van der Waals surface area contributed by atoms with E-state index in [1.54, 1.807) is 18.3 Å². The number of carbonyl (C=O) groups is 1.